The van der Waals surface area contributed by atoms with E-state index < -0.39 is 0 Å². The van der Waals surface area contributed by atoms with E-state index in [-0.39, 0.29) is 11.7 Å². The normalized spacial score (nSPS) is 10.3. The summed E-state index contributed by atoms with van der Waals surface area (Å²) in [6.45, 7) is 3.78. The molecular weight excluding hydrogens is 289 g/mol. The van der Waals surface area contributed by atoms with Crippen LogP contribution >= 0.6 is 15.9 Å². The van der Waals surface area contributed by atoms with Gasteiger partial charge in [0.05, 0.1) is 4.47 Å². The van der Waals surface area contributed by atoms with Gasteiger partial charge in [0, 0.05) is 25.3 Å². The Balaban J connectivity index is 2.39. The lowest BCUT2D eigenvalue weighted by molar-refractivity contribution is 0.0944. The highest BCUT2D eigenvalue weighted by Gasteiger charge is 2.07. The summed E-state index contributed by atoms with van der Waals surface area (Å²) in [4.78, 5) is 11.6. The molecule has 17 heavy (non-hydrogen) atoms. The Labute approximate surface area is 108 Å². The molecule has 5 heteroatoms. The molecular formula is C12H15BrFNO2. The van der Waals surface area contributed by atoms with Crippen LogP contribution in [-0.4, -0.2) is 25.7 Å². The summed E-state index contributed by atoms with van der Waals surface area (Å²) in [6, 6.07) is 4.18. The van der Waals surface area contributed by atoms with Gasteiger partial charge in [0.15, 0.2) is 0 Å². The van der Waals surface area contributed by atoms with Crippen molar-refractivity contribution < 1.29 is 13.9 Å². The first-order valence-electron chi connectivity index (χ1n) is 5.46. The van der Waals surface area contributed by atoms with Gasteiger partial charge in [-0.2, -0.15) is 0 Å². The van der Waals surface area contributed by atoms with Crippen molar-refractivity contribution in [3.8, 4) is 0 Å². The predicted molar refractivity (Wildman–Crippen MR) is 67.5 cm³/mol. The van der Waals surface area contributed by atoms with E-state index in [2.05, 4.69) is 21.2 Å². The molecule has 0 aliphatic rings. The maximum atomic E-state index is 13.0. The second-order valence-electron chi connectivity index (χ2n) is 3.44. The largest absolute Gasteiger partial charge is 0.382 e. The molecule has 94 valence electrons. The molecule has 0 heterocycles. The standard InChI is InChI=1S/C12H15BrFNO2/c1-2-17-7-3-6-15-12(16)9-4-5-11(14)10(13)8-9/h4-5,8H,2-3,6-7H2,1H3,(H,15,16). The van der Waals surface area contributed by atoms with Crippen molar-refractivity contribution in [2.24, 2.45) is 0 Å². The fourth-order valence-corrected chi connectivity index (χ4v) is 1.64. The van der Waals surface area contributed by atoms with Crippen LogP contribution in [0, 0.1) is 5.82 Å². The van der Waals surface area contributed by atoms with Gasteiger partial charge >= 0.3 is 0 Å². The Morgan fingerprint density at radius 1 is 1.53 bits per heavy atom. The molecule has 1 aromatic rings. The molecule has 0 aromatic heterocycles. The molecule has 0 bridgehead atoms. The molecule has 0 fully saturated rings. The molecule has 1 amide bonds. The van der Waals surface area contributed by atoms with Gasteiger partial charge in [-0.05, 0) is 47.5 Å². The van der Waals surface area contributed by atoms with Crippen molar-refractivity contribution in [1.29, 1.82) is 0 Å². The molecule has 0 saturated carbocycles. The van der Waals surface area contributed by atoms with Crippen LogP contribution in [0.25, 0.3) is 0 Å². The van der Waals surface area contributed by atoms with Crippen LogP contribution in [0.2, 0.25) is 0 Å². The quantitative estimate of drug-likeness (QED) is 0.821. The van der Waals surface area contributed by atoms with E-state index in [1.54, 1.807) is 0 Å². The Bertz CT molecular complexity index is 385. The maximum Gasteiger partial charge on any atom is 0.251 e. The van der Waals surface area contributed by atoms with E-state index in [1.807, 2.05) is 6.92 Å². The lowest BCUT2D eigenvalue weighted by Gasteiger charge is -2.06. The minimum Gasteiger partial charge on any atom is -0.382 e. The molecule has 0 saturated heterocycles. The van der Waals surface area contributed by atoms with Gasteiger partial charge in [0.2, 0.25) is 0 Å². The Morgan fingerprint density at radius 2 is 2.29 bits per heavy atom. The maximum absolute atomic E-state index is 13.0. The van der Waals surface area contributed by atoms with E-state index in [1.165, 1.54) is 18.2 Å². The molecule has 0 aliphatic heterocycles. The molecule has 0 unspecified atom stereocenters. The number of carbonyl (C=O) groups excluding carboxylic acids is 1. The predicted octanol–water partition coefficient (Wildman–Crippen LogP) is 2.74. The summed E-state index contributed by atoms with van der Waals surface area (Å²) in [5, 5.41) is 2.74. The Morgan fingerprint density at radius 3 is 2.94 bits per heavy atom. The van der Waals surface area contributed by atoms with E-state index >= 15 is 0 Å². The number of carbonyl (C=O) groups is 1. The summed E-state index contributed by atoms with van der Waals surface area (Å²) < 4.78 is 18.4. The van der Waals surface area contributed by atoms with E-state index in [4.69, 9.17) is 4.74 Å². The van der Waals surface area contributed by atoms with Crippen LogP contribution in [0.4, 0.5) is 4.39 Å². The average molecular weight is 304 g/mol. The van der Waals surface area contributed by atoms with Gasteiger partial charge in [-0.1, -0.05) is 0 Å². The Kier molecular flexibility index (Phi) is 6.15. The second-order valence-corrected chi connectivity index (χ2v) is 4.29. The minimum absolute atomic E-state index is 0.206. The van der Waals surface area contributed by atoms with Crippen molar-refractivity contribution in [2.45, 2.75) is 13.3 Å². The van der Waals surface area contributed by atoms with Crippen molar-refractivity contribution in [2.75, 3.05) is 19.8 Å². The number of halogens is 2. The zero-order valence-electron chi connectivity index (χ0n) is 9.63. The summed E-state index contributed by atoms with van der Waals surface area (Å²) >= 11 is 3.04. The van der Waals surface area contributed by atoms with Crippen LogP contribution in [0.5, 0.6) is 0 Å². The SMILES string of the molecule is CCOCCCNC(=O)c1ccc(F)c(Br)c1. The number of ether oxygens (including phenoxy) is 1. The van der Waals surface area contributed by atoms with Crippen LogP contribution in [0.15, 0.2) is 22.7 Å². The summed E-state index contributed by atoms with van der Waals surface area (Å²) in [5.41, 5.74) is 0.440. The van der Waals surface area contributed by atoms with Crippen LogP contribution in [0.3, 0.4) is 0 Å². The monoisotopic (exact) mass is 303 g/mol. The Hall–Kier alpha value is -0.940. The molecule has 0 aliphatic carbocycles. The number of rotatable bonds is 6. The van der Waals surface area contributed by atoms with Gasteiger partial charge in [-0.25, -0.2) is 4.39 Å². The summed E-state index contributed by atoms with van der Waals surface area (Å²) in [6.07, 6.45) is 0.766. The lowest BCUT2D eigenvalue weighted by atomic mass is 10.2. The van der Waals surface area contributed by atoms with Gasteiger partial charge in [-0.15, -0.1) is 0 Å². The highest BCUT2D eigenvalue weighted by atomic mass is 79.9. The summed E-state index contributed by atoms with van der Waals surface area (Å²) in [7, 11) is 0. The molecule has 3 nitrogen and oxygen atoms in total. The van der Waals surface area contributed by atoms with E-state index in [0.29, 0.717) is 29.8 Å². The molecule has 0 atom stereocenters. The topological polar surface area (TPSA) is 38.3 Å². The number of hydrogen-bond donors (Lipinski definition) is 1. The number of nitrogens with one attached hydrogen (secondary N) is 1. The van der Waals surface area contributed by atoms with Gasteiger partial charge in [0.1, 0.15) is 5.82 Å². The van der Waals surface area contributed by atoms with E-state index in [0.717, 1.165) is 6.42 Å². The number of hydrogen-bond acceptors (Lipinski definition) is 2. The first kappa shape index (κ1) is 14.1. The molecule has 1 rings (SSSR count). The zero-order valence-corrected chi connectivity index (χ0v) is 11.2. The minimum atomic E-state index is -0.377. The molecule has 0 spiro atoms. The van der Waals surface area contributed by atoms with Gasteiger partial charge in [-0.3, -0.25) is 4.79 Å². The second kappa shape index (κ2) is 7.40. The third-order valence-corrected chi connectivity index (χ3v) is 2.74. The fourth-order valence-electron chi connectivity index (χ4n) is 1.26. The highest BCUT2D eigenvalue weighted by molar-refractivity contribution is 9.10. The lowest BCUT2D eigenvalue weighted by Crippen LogP contribution is -2.25. The van der Waals surface area contributed by atoms with Crippen molar-refractivity contribution in [3.63, 3.8) is 0 Å². The van der Waals surface area contributed by atoms with Crippen molar-refractivity contribution in [1.82, 2.24) is 5.32 Å². The van der Waals surface area contributed by atoms with Gasteiger partial charge in [0.25, 0.3) is 5.91 Å². The van der Waals surface area contributed by atoms with Crippen LogP contribution in [0.1, 0.15) is 23.7 Å². The van der Waals surface area contributed by atoms with Crippen LogP contribution < -0.4 is 5.32 Å². The molecule has 1 aromatic carbocycles. The van der Waals surface area contributed by atoms with Crippen molar-refractivity contribution >= 4 is 21.8 Å². The third kappa shape index (κ3) is 4.83. The van der Waals surface area contributed by atoms with Crippen molar-refractivity contribution in [3.05, 3.63) is 34.1 Å². The average Bonchev–Trinajstić information content (AvgIpc) is 2.32. The number of benzene rings is 1. The van der Waals surface area contributed by atoms with E-state index in [9.17, 15) is 9.18 Å². The third-order valence-electron chi connectivity index (χ3n) is 2.14. The first-order chi connectivity index (χ1) is 8.15. The van der Waals surface area contributed by atoms with Gasteiger partial charge < -0.3 is 10.1 Å². The zero-order chi connectivity index (χ0) is 12.7. The van der Waals surface area contributed by atoms with Crippen LogP contribution in [-0.2, 0) is 4.74 Å². The highest BCUT2D eigenvalue weighted by Crippen LogP contribution is 2.16. The first-order valence-corrected chi connectivity index (χ1v) is 6.25. The molecule has 0 radical (unpaired) electrons. The summed E-state index contributed by atoms with van der Waals surface area (Å²) in [5.74, 6) is -0.583. The smallest absolute Gasteiger partial charge is 0.251 e. The number of amides is 1. The molecule has 1 N–H and O–H groups in total. The fraction of sp³-hybridized carbons (Fsp3) is 0.417.